The van der Waals surface area contributed by atoms with Gasteiger partial charge in [0.15, 0.2) is 0 Å². The van der Waals surface area contributed by atoms with Crippen LogP contribution < -0.4 is 10.1 Å². The summed E-state index contributed by atoms with van der Waals surface area (Å²) in [4.78, 5) is 8.79. The second kappa shape index (κ2) is 6.57. The molecule has 0 aliphatic rings. The highest BCUT2D eigenvalue weighted by molar-refractivity contribution is 5.50. The Kier molecular flexibility index (Phi) is 4.78. The molecule has 0 radical (unpaired) electrons. The summed E-state index contributed by atoms with van der Waals surface area (Å²) in [7, 11) is 1.85. The molecule has 112 valence electrons. The maximum Gasteiger partial charge on any atom is 0.227 e. The van der Waals surface area contributed by atoms with Gasteiger partial charge in [-0.25, -0.2) is 4.98 Å². The minimum absolute atomic E-state index is 0.452. The largest absolute Gasteiger partial charge is 0.438 e. The minimum atomic E-state index is 0.452. The summed E-state index contributed by atoms with van der Waals surface area (Å²) in [6.07, 6.45) is 1.07. The van der Waals surface area contributed by atoms with E-state index in [0.717, 1.165) is 23.6 Å². The van der Waals surface area contributed by atoms with Gasteiger partial charge >= 0.3 is 0 Å². The van der Waals surface area contributed by atoms with Gasteiger partial charge < -0.3 is 10.1 Å². The highest BCUT2D eigenvalue weighted by Crippen LogP contribution is 2.33. The molecule has 0 aliphatic heterocycles. The van der Waals surface area contributed by atoms with Crippen molar-refractivity contribution in [2.24, 2.45) is 0 Å². The van der Waals surface area contributed by atoms with Crippen molar-refractivity contribution in [3.63, 3.8) is 0 Å². The molecule has 0 bridgehead atoms. The van der Waals surface area contributed by atoms with Crippen molar-refractivity contribution in [2.45, 2.75) is 40.0 Å². The Morgan fingerprint density at radius 1 is 1.19 bits per heavy atom. The van der Waals surface area contributed by atoms with Crippen LogP contribution in [0.15, 0.2) is 24.3 Å². The summed E-state index contributed by atoms with van der Waals surface area (Å²) in [6.45, 7) is 8.22. The fourth-order valence-electron chi connectivity index (χ4n) is 2.25. The first kappa shape index (κ1) is 15.3. The van der Waals surface area contributed by atoms with Crippen LogP contribution in [0.1, 0.15) is 43.1 Å². The first-order chi connectivity index (χ1) is 10.1. The average molecular weight is 285 g/mol. The van der Waals surface area contributed by atoms with Crippen molar-refractivity contribution in [3.8, 4) is 11.6 Å². The lowest BCUT2D eigenvalue weighted by Gasteiger charge is -2.17. The van der Waals surface area contributed by atoms with Gasteiger partial charge in [-0.05, 0) is 37.8 Å². The molecular formula is C17H23N3O. The van der Waals surface area contributed by atoms with Crippen LogP contribution in [-0.4, -0.2) is 17.0 Å². The Morgan fingerprint density at radius 3 is 2.57 bits per heavy atom. The molecule has 21 heavy (non-hydrogen) atoms. The molecule has 0 spiro atoms. The lowest BCUT2D eigenvalue weighted by Crippen LogP contribution is -2.04. The van der Waals surface area contributed by atoms with Gasteiger partial charge in [0.25, 0.3) is 0 Å². The molecule has 1 aromatic carbocycles. The van der Waals surface area contributed by atoms with E-state index in [1.807, 2.05) is 39.1 Å². The Labute approximate surface area is 126 Å². The molecule has 2 rings (SSSR count). The lowest BCUT2D eigenvalue weighted by molar-refractivity contribution is 0.446. The summed E-state index contributed by atoms with van der Waals surface area (Å²) in [5, 5.41) is 3.08. The summed E-state index contributed by atoms with van der Waals surface area (Å²) in [6, 6.07) is 8.15. The molecule has 0 aliphatic carbocycles. The number of aryl methyl sites for hydroxylation is 1. The van der Waals surface area contributed by atoms with Crippen LogP contribution in [0, 0.1) is 13.8 Å². The van der Waals surface area contributed by atoms with Crippen LogP contribution in [0.5, 0.6) is 11.6 Å². The van der Waals surface area contributed by atoms with Gasteiger partial charge in [0.05, 0.1) is 5.56 Å². The number of nitrogens with one attached hydrogen (secondary N) is 1. The molecule has 0 fully saturated rings. The van der Waals surface area contributed by atoms with Crippen molar-refractivity contribution < 1.29 is 4.74 Å². The Balaban J connectivity index is 2.41. The Morgan fingerprint density at radius 2 is 1.90 bits per heavy atom. The smallest absolute Gasteiger partial charge is 0.227 e. The molecule has 2 aromatic rings. The third-order valence-corrected chi connectivity index (χ3v) is 3.72. The molecular weight excluding hydrogens is 262 g/mol. The topological polar surface area (TPSA) is 47.0 Å². The maximum atomic E-state index is 6.10. The van der Waals surface area contributed by atoms with Gasteiger partial charge in [-0.2, -0.15) is 4.98 Å². The van der Waals surface area contributed by atoms with Crippen molar-refractivity contribution in [1.82, 2.24) is 9.97 Å². The van der Waals surface area contributed by atoms with Crippen LogP contribution in [0.4, 0.5) is 5.82 Å². The summed E-state index contributed by atoms with van der Waals surface area (Å²) >= 11 is 0. The van der Waals surface area contributed by atoms with Crippen LogP contribution in [0.3, 0.4) is 0 Å². The molecule has 4 nitrogen and oxygen atoms in total. The van der Waals surface area contributed by atoms with E-state index in [-0.39, 0.29) is 0 Å². The predicted octanol–water partition coefficient (Wildman–Crippen LogP) is 4.44. The van der Waals surface area contributed by atoms with Gasteiger partial charge in [0, 0.05) is 7.05 Å². The number of aromatic nitrogens is 2. The third-order valence-electron chi connectivity index (χ3n) is 3.72. The number of benzene rings is 1. The minimum Gasteiger partial charge on any atom is -0.438 e. The molecule has 0 amide bonds. The van der Waals surface area contributed by atoms with Crippen molar-refractivity contribution in [1.29, 1.82) is 0 Å². The molecule has 1 heterocycles. The molecule has 1 unspecified atom stereocenters. The molecule has 0 saturated heterocycles. The zero-order valence-electron chi connectivity index (χ0n) is 13.4. The molecule has 1 atom stereocenters. The van der Waals surface area contributed by atoms with Crippen LogP contribution in [0.2, 0.25) is 0 Å². The highest BCUT2D eigenvalue weighted by Gasteiger charge is 2.14. The number of rotatable bonds is 5. The fraction of sp³-hybridized carbons (Fsp3) is 0.412. The number of para-hydroxylation sites is 1. The van der Waals surface area contributed by atoms with E-state index < -0.39 is 0 Å². The highest BCUT2D eigenvalue weighted by atomic mass is 16.5. The van der Waals surface area contributed by atoms with E-state index in [1.54, 1.807) is 0 Å². The Bertz CT molecular complexity index is 625. The number of hydrogen-bond donors (Lipinski definition) is 1. The zero-order chi connectivity index (χ0) is 15.4. The van der Waals surface area contributed by atoms with Crippen molar-refractivity contribution >= 4 is 5.82 Å². The fourth-order valence-corrected chi connectivity index (χ4v) is 2.25. The Hall–Kier alpha value is -2.10. The van der Waals surface area contributed by atoms with Gasteiger partial charge in [-0.1, -0.05) is 32.0 Å². The molecule has 0 saturated carbocycles. The summed E-state index contributed by atoms with van der Waals surface area (Å²) in [5.74, 6) is 3.44. The maximum absolute atomic E-state index is 6.10. The lowest BCUT2D eigenvalue weighted by atomic mass is 9.98. The van der Waals surface area contributed by atoms with Gasteiger partial charge in [0.1, 0.15) is 17.4 Å². The average Bonchev–Trinajstić information content (AvgIpc) is 2.50. The van der Waals surface area contributed by atoms with E-state index in [1.165, 1.54) is 5.56 Å². The third kappa shape index (κ3) is 3.32. The number of nitrogens with zero attached hydrogens (tertiary/aromatic N) is 2. The molecule has 4 heteroatoms. The monoisotopic (exact) mass is 285 g/mol. The predicted molar refractivity (Wildman–Crippen MR) is 86.3 cm³/mol. The quantitative estimate of drug-likeness (QED) is 0.882. The van der Waals surface area contributed by atoms with Crippen LogP contribution in [-0.2, 0) is 0 Å². The number of anilines is 1. The van der Waals surface area contributed by atoms with Gasteiger partial charge in [-0.15, -0.1) is 0 Å². The van der Waals surface area contributed by atoms with E-state index in [4.69, 9.17) is 4.74 Å². The van der Waals surface area contributed by atoms with Crippen LogP contribution >= 0.6 is 0 Å². The summed E-state index contributed by atoms with van der Waals surface area (Å²) < 4.78 is 6.10. The number of ether oxygens (including phenoxy) is 1. The normalized spacial score (nSPS) is 12.0. The molecule has 1 N–H and O–H groups in total. The second-order valence-electron chi connectivity index (χ2n) is 5.25. The molecule has 1 aromatic heterocycles. The van der Waals surface area contributed by atoms with Gasteiger partial charge in [-0.3, -0.25) is 0 Å². The number of hydrogen-bond acceptors (Lipinski definition) is 4. The van der Waals surface area contributed by atoms with E-state index in [0.29, 0.717) is 17.6 Å². The van der Waals surface area contributed by atoms with E-state index in [9.17, 15) is 0 Å². The van der Waals surface area contributed by atoms with E-state index in [2.05, 4.69) is 35.2 Å². The SMILES string of the molecule is CCC(C)c1ccccc1Oc1nc(C)nc(NC)c1C. The van der Waals surface area contributed by atoms with E-state index >= 15 is 0 Å². The standard InChI is InChI=1S/C17H23N3O/c1-6-11(2)14-9-7-8-10-15(14)21-17-12(3)16(18-5)19-13(4)20-17/h7-11H,6H2,1-5H3,(H,18,19,20). The zero-order valence-corrected chi connectivity index (χ0v) is 13.4. The van der Waals surface area contributed by atoms with Crippen molar-refractivity contribution in [2.75, 3.05) is 12.4 Å². The first-order valence-corrected chi connectivity index (χ1v) is 7.36. The van der Waals surface area contributed by atoms with Gasteiger partial charge in [0.2, 0.25) is 5.88 Å². The van der Waals surface area contributed by atoms with Crippen LogP contribution in [0.25, 0.3) is 0 Å². The first-order valence-electron chi connectivity index (χ1n) is 7.36. The second-order valence-corrected chi connectivity index (χ2v) is 5.25. The van der Waals surface area contributed by atoms with Crippen molar-refractivity contribution in [3.05, 3.63) is 41.2 Å². The summed E-state index contributed by atoms with van der Waals surface area (Å²) in [5.41, 5.74) is 2.13.